The monoisotopic (exact) mass is 333 g/mol. The molecule has 0 spiro atoms. The van der Waals surface area contributed by atoms with Crippen molar-refractivity contribution in [3.8, 4) is 0 Å². The van der Waals surface area contributed by atoms with E-state index in [1.165, 1.54) is 31.0 Å². The van der Waals surface area contributed by atoms with E-state index >= 15 is 0 Å². The number of aromatic nitrogens is 2. The summed E-state index contributed by atoms with van der Waals surface area (Å²) >= 11 is 4.71. The van der Waals surface area contributed by atoms with Gasteiger partial charge in [-0.05, 0) is 19.1 Å². The maximum atomic E-state index is 11.8. The van der Waals surface area contributed by atoms with Crippen LogP contribution in [0.5, 0.6) is 0 Å². The van der Waals surface area contributed by atoms with Gasteiger partial charge >= 0.3 is 0 Å². The van der Waals surface area contributed by atoms with Gasteiger partial charge in [0.1, 0.15) is 0 Å². The van der Waals surface area contributed by atoms with Crippen LogP contribution in [-0.4, -0.2) is 33.7 Å². The lowest BCUT2D eigenvalue weighted by molar-refractivity contribution is -0.119. The van der Waals surface area contributed by atoms with E-state index < -0.39 is 0 Å². The third-order valence-corrected chi connectivity index (χ3v) is 5.70. The van der Waals surface area contributed by atoms with Crippen molar-refractivity contribution in [3.05, 3.63) is 0 Å². The molecule has 0 radical (unpaired) electrons. The predicted molar refractivity (Wildman–Crippen MR) is 88.8 cm³/mol. The summed E-state index contributed by atoms with van der Waals surface area (Å²) in [5.41, 5.74) is 0. The van der Waals surface area contributed by atoms with Crippen molar-refractivity contribution in [1.29, 1.82) is 0 Å². The summed E-state index contributed by atoms with van der Waals surface area (Å²) < 4.78 is 1.85. The normalized spacial score (nSPS) is 12.3. The van der Waals surface area contributed by atoms with E-state index in [0.29, 0.717) is 5.75 Å². The Bertz CT molecular complexity index is 398. The summed E-state index contributed by atoms with van der Waals surface area (Å²) in [7, 11) is 0. The van der Waals surface area contributed by atoms with Gasteiger partial charge in [-0.15, -0.1) is 10.2 Å². The molecule has 1 atom stereocenters. The smallest absolute Gasteiger partial charge is 0.230 e. The van der Waals surface area contributed by atoms with Gasteiger partial charge in [0.2, 0.25) is 5.91 Å². The van der Waals surface area contributed by atoms with Crippen molar-refractivity contribution in [2.75, 3.05) is 11.5 Å². The minimum atomic E-state index is 0.0823. The molecule has 1 rings (SSSR count). The molecular formula is C13H23N3OS3. The zero-order valence-electron chi connectivity index (χ0n) is 12.3. The lowest BCUT2D eigenvalue weighted by Gasteiger charge is -2.12. The average molecular weight is 334 g/mol. The Hall–Kier alpha value is -0.270. The molecule has 114 valence electrons. The highest BCUT2D eigenvalue weighted by Gasteiger charge is 2.10. The van der Waals surface area contributed by atoms with E-state index in [1.54, 1.807) is 23.1 Å². The van der Waals surface area contributed by atoms with Crippen LogP contribution in [0, 0.1) is 0 Å². The molecule has 1 heterocycles. The van der Waals surface area contributed by atoms with E-state index in [-0.39, 0.29) is 11.9 Å². The highest BCUT2D eigenvalue weighted by molar-refractivity contribution is 8.03. The standard InChI is InChI=1S/C13H23N3OS3/c1-4-6-7-8-10(3)14-11(17)9-19-13-16-15-12(20-13)18-5-2/h10H,4-9H2,1-3H3,(H,14,17). The largest absolute Gasteiger partial charge is 0.353 e. The van der Waals surface area contributed by atoms with Crippen molar-refractivity contribution < 1.29 is 4.79 Å². The van der Waals surface area contributed by atoms with Crippen LogP contribution in [0.4, 0.5) is 0 Å². The highest BCUT2D eigenvalue weighted by atomic mass is 32.2. The summed E-state index contributed by atoms with van der Waals surface area (Å²) in [5.74, 6) is 1.50. The second-order valence-electron chi connectivity index (χ2n) is 4.52. The molecule has 1 aromatic heterocycles. The fourth-order valence-corrected chi connectivity index (χ4v) is 4.38. The van der Waals surface area contributed by atoms with Crippen LogP contribution in [-0.2, 0) is 4.79 Å². The number of thioether (sulfide) groups is 2. The van der Waals surface area contributed by atoms with Crippen LogP contribution in [0.15, 0.2) is 8.68 Å². The maximum absolute atomic E-state index is 11.8. The van der Waals surface area contributed by atoms with Crippen molar-refractivity contribution >= 4 is 40.8 Å². The first-order valence-corrected chi connectivity index (χ1v) is 9.82. The number of carbonyl (C=O) groups excluding carboxylic acids is 1. The van der Waals surface area contributed by atoms with Gasteiger partial charge in [-0.25, -0.2) is 0 Å². The molecule has 0 aliphatic carbocycles. The molecule has 0 bridgehead atoms. The predicted octanol–water partition coefficient (Wildman–Crippen LogP) is 3.83. The zero-order valence-corrected chi connectivity index (χ0v) is 14.8. The fraction of sp³-hybridized carbons (Fsp3) is 0.769. The van der Waals surface area contributed by atoms with Gasteiger partial charge in [-0.2, -0.15) is 0 Å². The molecule has 7 heteroatoms. The molecule has 0 aliphatic heterocycles. The van der Waals surface area contributed by atoms with Crippen molar-refractivity contribution in [1.82, 2.24) is 15.5 Å². The number of hydrogen-bond donors (Lipinski definition) is 1. The molecule has 1 unspecified atom stereocenters. The summed E-state index contributed by atoms with van der Waals surface area (Å²) in [6.45, 7) is 6.35. The molecule has 0 saturated heterocycles. The maximum Gasteiger partial charge on any atom is 0.230 e. The van der Waals surface area contributed by atoms with Gasteiger partial charge in [0, 0.05) is 6.04 Å². The van der Waals surface area contributed by atoms with Gasteiger partial charge in [-0.3, -0.25) is 4.79 Å². The Morgan fingerprint density at radius 1 is 1.25 bits per heavy atom. The molecule has 0 aliphatic rings. The number of carbonyl (C=O) groups is 1. The van der Waals surface area contributed by atoms with E-state index in [0.717, 1.165) is 20.9 Å². The average Bonchev–Trinajstić information content (AvgIpc) is 2.85. The van der Waals surface area contributed by atoms with Gasteiger partial charge in [0.25, 0.3) is 0 Å². The second kappa shape index (κ2) is 10.5. The first-order valence-electron chi connectivity index (χ1n) is 7.04. The molecular weight excluding hydrogens is 310 g/mol. The number of amides is 1. The number of unbranched alkanes of at least 4 members (excludes halogenated alkanes) is 2. The summed E-state index contributed by atoms with van der Waals surface area (Å²) in [5, 5.41) is 11.2. The minimum Gasteiger partial charge on any atom is -0.353 e. The molecule has 0 fully saturated rings. The van der Waals surface area contributed by atoms with Gasteiger partial charge in [0.15, 0.2) is 8.68 Å². The van der Waals surface area contributed by atoms with Gasteiger partial charge in [0.05, 0.1) is 5.75 Å². The van der Waals surface area contributed by atoms with Crippen molar-refractivity contribution in [2.45, 2.75) is 61.2 Å². The van der Waals surface area contributed by atoms with Crippen molar-refractivity contribution in [3.63, 3.8) is 0 Å². The number of nitrogens with one attached hydrogen (secondary N) is 1. The molecule has 20 heavy (non-hydrogen) atoms. The van der Waals surface area contributed by atoms with E-state index in [9.17, 15) is 4.79 Å². The number of nitrogens with zero attached hydrogens (tertiary/aromatic N) is 2. The van der Waals surface area contributed by atoms with E-state index in [2.05, 4.69) is 36.3 Å². The Morgan fingerprint density at radius 3 is 2.60 bits per heavy atom. The SMILES string of the molecule is CCCCCC(C)NC(=O)CSc1nnc(SCC)s1. The third kappa shape index (κ3) is 7.50. The Labute approximate surface area is 133 Å². The molecule has 0 aromatic carbocycles. The fourth-order valence-electron chi connectivity index (χ4n) is 1.65. The number of hydrogen-bond acceptors (Lipinski definition) is 6. The summed E-state index contributed by atoms with van der Waals surface area (Å²) in [4.78, 5) is 11.8. The van der Waals surface area contributed by atoms with Gasteiger partial charge < -0.3 is 5.32 Å². The van der Waals surface area contributed by atoms with Crippen LogP contribution < -0.4 is 5.32 Å². The second-order valence-corrected chi connectivity index (χ2v) is 8.23. The zero-order chi connectivity index (χ0) is 14.8. The van der Waals surface area contributed by atoms with Crippen LogP contribution in [0.1, 0.15) is 46.5 Å². The lowest BCUT2D eigenvalue weighted by atomic mass is 10.1. The molecule has 1 N–H and O–H groups in total. The first-order chi connectivity index (χ1) is 9.65. The number of rotatable bonds is 10. The topological polar surface area (TPSA) is 54.9 Å². The van der Waals surface area contributed by atoms with E-state index in [1.807, 2.05) is 0 Å². The Morgan fingerprint density at radius 2 is 1.95 bits per heavy atom. The minimum absolute atomic E-state index is 0.0823. The molecule has 1 aromatic rings. The third-order valence-electron chi connectivity index (χ3n) is 2.63. The van der Waals surface area contributed by atoms with Crippen LogP contribution >= 0.6 is 34.9 Å². The van der Waals surface area contributed by atoms with Crippen LogP contribution in [0.2, 0.25) is 0 Å². The quantitative estimate of drug-likeness (QED) is 0.521. The molecule has 1 amide bonds. The molecule has 4 nitrogen and oxygen atoms in total. The summed E-state index contributed by atoms with van der Waals surface area (Å²) in [6, 6.07) is 0.260. The van der Waals surface area contributed by atoms with Crippen LogP contribution in [0.25, 0.3) is 0 Å². The Balaban J connectivity index is 2.21. The highest BCUT2D eigenvalue weighted by Crippen LogP contribution is 2.28. The van der Waals surface area contributed by atoms with E-state index in [4.69, 9.17) is 0 Å². The first kappa shape index (κ1) is 17.8. The Kier molecular flexibility index (Phi) is 9.30. The van der Waals surface area contributed by atoms with Gasteiger partial charge in [-0.1, -0.05) is 68.0 Å². The van der Waals surface area contributed by atoms with Crippen LogP contribution in [0.3, 0.4) is 0 Å². The summed E-state index contributed by atoms with van der Waals surface area (Å²) in [6.07, 6.45) is 4.68. The molecule has 0 saturated carbocycles. The van der Waals surface area contributed by atoms with Crippen molar-refractivity contribution in [2.24, 2.45) is 0 Å². The lowest BCUT2D eigenvalue weighted by Crippen LogP contribution is -2.33.